The van der Waals surface area contributed by atoms with Gasteiger partial charge in [-0.15, -0.1) is 0 Å². The topological polar surface area (TPSA) is 58.2 Å². The number of aryl methyl sites for hydroxylation is 1. The zero-order valence-corrected chi connectivity index (χ0v) is 15.4. The number of amides is 2. The van der Waals surface area contributed by atoms with Crippen molar-refractivity contribution in [2.45, 2.75) is 39.3 Å². The molecule has 2 aromatic carbocycles. The van der Waals surface area contributed by atoms with Gasteiger partial charge >= 0.3 is 0 Å². The third-order valence-corrected chi connectivity index (χ3v) is 4.30. The number of hydrogen-bond donors (Lipinski definition) is 2. The Labute approximate surface area is 153 Å². The molecular weight excluding hydrogens is 336 g/mol. The summed E-state index contributed by atoms with van der Waals surface area (Å²) in [4.78, 5) is 24.6. The lowest BCUT2D eigenvalue weighted by molar-refractivity contribution is -0.123. The van der Waals surface area contributed by atoms with Gasteiger partial charge in [-0.1, -0.05) is 48.4 Å². The zero-order chi connectivity index (χ0) is 18.4. The first kappa shape index (κ1) is 19.0. The number of hydrogen-bond acceptors (Lipinski definition) is 2. The molecular formula is C20H23ClN2O2. The van der Waals surface area contributed by atoms with E-state index in [4.69, 9.17) is 11.6 Å². The molecule has 0 aliphatic carbocycles. The molecule has 0 fully saturated rings. The molecule has 0 aliphatic heterocycles. The summed E-state index contributed by atoms with van der Waals surface area (Å²) in [6.45, 7) is 5.71. The molecule has 4 nitrogen and oxygen atoms in total. The Hall–Kier alpha value is -2.33. The number of carbonyl (C=O) groups is 2. The smallest absolute Gasteiger partial charge is 0.251 e. The van der Waals surface area contributed by atoms with Gasteiger partial charge in [0, 0.05) is 10.6 Å². The lowest BCUT2D eigenvalue weighted by atomic mass is 10.0. The lowest BCUT2D eigenvalue weighted by Gasteiger charge is -2.21. The third kappa shape index (κ3) is 5.33. The van der Waals surface area contributed by atoms with E-state index in [0.29, 0.717) is 10.6 Å². The summed E-state index contributed by atoms with van der Waals surface area (Å²) in [5.41, 5.74) is 2.70. The molecule has 0 saturated carbocycles. The molecule has 2 N–H and O–H groups in total. The van der Waals surface area contributed by atoms with Crippen molar-refractivity contribution in [1.82, 2.24) is 10.6 Å². The second-order valence-electron chi connectivity index (χ2n) is 6.08. The van der Waals surface area contributed by atoms with Gasteiger partial charge in [-0.3, -0.25) is 9.59 Å². The fraction of sp³-hybridized carbons (Fsp3) is 0.300. The van der Waals surface area contributed by atoms with Gasteiger partial charge in [-0.25, -0.2) is 0 Å². The highest BCUT2D eigenvalue weighted by Crippen LogP contribution is 2.17. The number of carbonyl (C=O) groups excluding carboxylic acids is 2. The lowest BCUT2D eigenvalue weighted by Crippen LogP contribution is -2.45. The van der Waals surface area contributed by atoms with E-state index in [1.165, 1.54) is 5.56 Å². The van der Waals surface area contributed by atoms with Crippen molar-refractivity contribution in [3.8, 4) is 0 Å². The first-order chi connectivity index (χ1) is 11.9. The Morgan fingerprint density at radius 3 is 2.16 bits per heavy atom. The van der Waals surface area contributed by atoms with Gasteiger partial charge in [-0.2, -0.15) is 0 Å². The van der Waals surface area contributed by atoms with E-state index >= 15 is 0 Å². The van der Waals surface area contributed by atoms with Gasteiger partial charge in [-0.05, 0) is 50.1 Å². The molecule has 2 amide bonds. The van der Waals surface area contributed by atoms with Crippen molar-refractivity contribution in [3.05, 3.63) is 70.2 Å². The molecule has 25 heavy (non-hydrogen) atoms. The molecule has 0 radical (unpaired) electrons. The van der Waals surface area contributed by atoms with Gasteiger partial charge in [0.05, 0.1) is 6.04 Å². The Morgan fingerprint density at radius 1 is 1.00 bits per heavy atom. The average molecular weight is 359 g/mol. The minimum atomic E-state index is -0.636. The SMILES string of the molecule is CCC(NC(=O)C(C)NC(=O)c1ccc(Cl)cc1)c1ccc(C)cc1. The van der Waals surface area contributed by atoms with Crippen LogP contribution in [0, 0.1) is 6.92 Å². The van der Waals surface area contributed by atoms with Crippen LogP contribution in [-0.2, 0) is 4.79 Å². The quantitative estimate of drug-likeness (QED) is 0.818. The molecule has 0 aromatic heterocycles. The van der Waals surface area contributed by atoms with Crippen LogP contribution in [0.5, 0.6) is 0 Å². The average Bonchev–Trinajstić information content (AvgIpc) is 2.60. The van der Waals surface area contributed by atoms with Crippen LogP contribution in [0.3, 0.4) is 0 Å². The first-order valence-corrected chi connectivity index (χ1v) is 8.72. The van der Waals surface area contributed by atoms with Gasteiger partial charge in [0.2, 0.25) is 5.91 Å². The van der Waals surface area contributed by atoms with Crippen LogP contribution in [-0.4, -0.2) is 17.9 Å². The molecule has 0 bridgehead atoms. The third-order valence-electron chi connectivity index (χ3n) is 4.05. The predicted molar refractivity (Wildman–Crippen MR) is 101 cm³/mol. The molecule has 0 saturated heterocycles. The summed E-state index contributed by atoms with van der Waals surface area (Å²) in [6, 6.07) is 13.9. The number of rotatable bonds is 6. The Morgan fingerprint density at radius 2 is 1.60 bits per heavy atom. The highest BCUT2D eigenvalue weighted by Gasteiger charge is 2.20. The van der Waals surface area contributed by atoms with Gasteiger partial charge < -0.3 is 10.6 Å². The minimum Gasteiger partial charge on any atom is -0.348 e. The summed E-state index contributed by atoms with van der Waals surface area (Å²) in [5.74, 6) is -0.516. The Kier molecular flexibility index (Phi) is 6.59. The van der Waals surface area contributed by atoms with Crippen LogP contribution in [0.2, 0.25) is 5.02 Å². The van der Waals surface area contributed by atoms with Crippen molar-refractivity contribution >= 4 is 23.4 Å². The van der Waals surface area contributed by atoms with Crippen molar-refractivity contribution in [2.24, 2.45) is 0 Å². The maximum absolute atomic E-state index is 12.4. The molecule has 5 heteroatoms. The monoisotopic (exact) mass is 358 g/mol. The maximum atomic E-state index is 12.4. The largest absolute Gasteiger partial charge is 0.348 e. The van der Waals surface area contributed by atoms with E-state index < -0.39 is 6.04 Å². The predicted octanol–water partition coefficient (Wildman–Crippen LogP) is 4.03. The zero-order valence-electron chi connectivity index (χ0n) is 14.7. The summed E-state index contributed by atoms with van der Waals surface area (Å²) in [7, 11) is 0. The van der Waals surface area contributed by atoms with E-state index in [0.717, 1.165) is 12.0 Å². The Balaban J connectivity index is 1.97. The van der Waals surface area contributed by atoms with Gasteiger partial charge in [0.15, 0.2) is 0 Å². The fourth-order valence-corrected chi connectivity index (χ4v) is 2.59. The first-order valence-electron chi connectivity index (χ1n) is 8.34. The number of benzene rings is 2. The summed E-state index contributed by atoms with van der Waals surface area (Å²) < 4.78 is 0. The molecule has 2 unspecified atom stereocenters. The van der Waals surface area contributed by atoms with E-state index in [9.17, 15) is 9.59 Å². The van der Waals surface area contributed by atoms with Gasteiger partial charge in [0.1, 0.15) is 6.04 Å². The van der Waals surface area contributed by atoms with Crippen molar-refractivity contribution in [3.63, 3.8) is 0 Å². The summed E-state index contributed by atoms with van der Waals surface area (Å²) >= 11 is 5.82. The van der Waals surface area contributed by atoms with Crippen LogP contribution >= 0.6 is 11.6 Å². The van der Waals surface area contributed by atoms with Crippen molar-refractivity contribution < 1.29 is 9.59 Å². The van der Waals surface area contributed by atoms with Crippen LogP contribution in [0.15, 0.2) is 48.5 Å². The van der Waals surface area contributed by atoms with E-state index in [-0.39, 0.29) is 17.9 Å². The maximum Gasteiger partial charge on any atom is 0.251 e. The van der Waals surface area contributed by atoms with E-state index in [1.807, 2.05) is 38.1 Å². The van der Waals surface area contributed by atoms with Crippen LogP contribution in [0.1, 0.15) is 47.8 Å². The Bertz CT molecular complexity index is 726. The van der Waals surface area contributed by atoms with E-state index in [2.05, 4.69) is 10.6 Å². The molecule has 0 aliphatic rings. The second-order valence-corrected chi connectivity index (χ2v) is 6.52. The molecule has 0 heterocycles. The molecule has 2 atom stereocenters. The van der Waals surface area contributed by atoms with Gasteiger partial charge in [0.25, 0.3) is 5.91 Å². The summed E-state index contributed by atoms with van der Waals surface area (Å²) in [5, 5.41) is 6.27. The molecule has 132 valence electrons. The second kappa shape index (κ2) is 8.67. The molecule has 2 aromatic rings. The molecule has 2 rings (SSSR count). The standard InChI is InChI=1S/C20H23ClN2O2/c1-4-18(15-7-5-13(2)6-8-15)23-19(24)14(3)22-20(25)16-9-11-17(21)12-10-16/h5-12,14,18H,4H2,1-3H3,(H,22,25)(H,23,24). The normalized spacial score (nSPS) is 13.0. The number of nitrogens with one attached hydrogen (secondary N) is 2. The van der Waals surface area contributed by atoms with Crippen LogP contribution in [0.25, 0.3) is 0 Å². The van der Waals surface area contributed by atoms with Crippen LogP contribution in [0.4, 0.5) is 0 Å². The fourth-order valence-electron chi connectivity index (χ4n) is 2.46. The minimum absolute atomic E-state index is 0.0806. The highest BCUT2D eigenvalue weighted by atomic mass is 35.5. The molecule has 0 spiro atoms. The van der Waals surface area contributed by atoms with Crippen LogP contribution < -0.4 is 10.6 Å². The van der Waals surface area contributed by atoms with Crippen molar-refractivity contribution in [2.75, 3.05) is 0 Å². The number of halogens is 1. The van der Waals surface area contributed by atoms with E-state index in [1.54, 1.807) is 31.2 Å². The summed E-state index contributed by atoms with van der Waals surface area (Å²) in [6.07, 6.45) is 0.770. The van der Waals surface area contributed by atoms with Crippen molar-refractivity contribution in [1.29, 1.82) is 0 Å². The highest BCUT2D eigenvalue weighted by molar-refractivity contribution is 6.30.